The number of aromatic nitrogens is 4. The number of likely N-dealkylation sites (N-methyl/N-ethyl adjacent to an activating group) is 1. The van der Waals surface area contributed by atoms with E-state index in [1.54, 1.807) is 44.9 Å². The Hall–Kier alpha value is -4.14. The van der Waals surface area contributed by atoms with Gasteiger partial charge < -0.3 is 25.5 Å². The molecule has 1 unspecified atom stereocenters. The van der Waals surface area contributed by atoms with Crippen LogP contribution in [0.3, 0.4) is 0 Å². The fourth-order valence-corrected chi connectivity index (χ4v) is 7.64. The number of aliphatic hydroxyl groups is 1. The average molecular weight is 734 g/mol. The van der Waals surface area contributed by atoms with Crippen molar-refractivity contribution >= 4 is 23.4 Å². The lowest BCUT2D eigenvalue weighted by Crippen LogP contribution is -2.55. The first-order valence-electron chi connectivity index (χ1n) is 19.3. The van der Waals surface area contributed by atoms with Crippen molar-refractivity contribution in [2.24, 2.45) is 17.8 Å². The Kier molecular flexibility index (Phi) is 12.3. The first-order valence-corrected chi connectivity index (χ1v) is 19.3. The maximum Gasteiger partial charge on any atom is 0.270 e. The second-order valence-electron chi connectivity index (χ2n) is 15.8. The van der Waals surface area contributed by atoms with Gasteiger partial charge in [-0.05, 0) is 94.2 Å². The molecule has 288 valence electrons. The summed E-state index contributed by atoms with van der Waals surface area (Å²) in [5, 5.41) is 29.0. The third kappa shape index (κ3) is 9.33. The minimum atomic E-state index is -1.17. The molecule has 3 fully saturated rings. The average Bonchev–Trinajstić information content (AvgIpc) is 3.59. The summed E-state index contributed by atoms with van der Waals surface area (Å²) in [6.07, 6.45) is 7.72. The zero-order valence-corrected chi connectivity index (χ0v) is 31.7. The molecule has 3 aliphatic rings. The van der Waals surface area contributed by atoms with Crippen LogP contribution in [0.5, 0.6) is 0 Å². The predicted molar refractivity (Wildman–Crippen MR) is 199 cm³/mol. The monoisotopic (exact) mass is 733 g/mol. The first-order chi connectivity index (χ1) is 25.4. The number of hydrogen-bond donors (Lipinski definition) is 4. The first kappa shape index (κ1) is 38.6. The summed E-state index contributed by atoms with van der Waals surface area (Å²) in [6, 6.07) is 6.15. The van der Waals surface area contributed by atoms with Crippen molar-refractivity contribution in [1.29, 1.82) is 0 Å². The zero-order valence-electron chi connectivity index (χ0n) is 31.7. The molecule has 0 radical (unpaired) electrons. The van der Waals surface area contributed by atoms with Crippen LogP contribution in [-0.4, -0.2) is 97.5 Å². The second kappa shape index (κ2) is 16.9. The van der Waals surface area contributed by atoms with Gasteiger partial charge in [-0.15, -0.1) is 0 Å². The van der Waals surface area contributed by atoms with E-state index in [0.29, 0.717) is 48.4 Å². The van der Waals surface area contributed by atoms with Crippen LogP contribution < -0.4 is 16.0 Å². The summed E-state index contributed by atoms with van der Waals surface area (Å²) in [5.41, 5.74) is 1.46. The Morgan fingerprint density at radius 2 is 1.64 bits per heavy atom. The van der Waals surface area contributed by atoms with Gasteiger partial charge in [0.15, 0.2) is 0 Å². The highest BCUT2D eigenvalue weighted by Gasteiger charge is 2.36. The van der Waals surface area contributed by atoms with Gasteiger partial charge in [-0.3, -0.25) is 29.1 Å². The molecule has 3 aromatic rings. The van der Waals surface area contributed by atoms with Crippen molar-refractivity contribution in [3.8, 4) is 0 Å². The number of rotatable bonds is 14. The largest absolute Gasteiger partial charge is 0.373 e. The number of halogens is 1. The minimum Gasteiger partial charge on any atom is -0.373 e. The molecular formula is C39H56FN9O4. The van der Waals surface area contributed by atoms with Crippen LogP contribution >= 0.6 is 0 Å². The van der Waals surface area contributed by atoms with Gasteiger partial charge in [-0.25, -0.2) is 4.39 Å². The second-order valence-corrected chi connectivity index (χ2v) is 15.8. The standard InChI is InChI=1S/C39H56FN9O4/c1-24(2)49-33(15-17-42-49)37(51)45-35(28-10-6-25(3)7-11-28)38(52)43-31-13-12-29(22-30(31)40)26(4)34(39(53)47-20-18-46(5)19-21-47)44-36(50)32-14-16-41-48(32)23-27-8-9-27/h12-17,22,24-28,34-36,44,50H,6-11,18-21,23H2,1-5H3,(H,43,52)(H,45,51)/t25?,26-,28?,34+,35-,36?/m0/s1. The van der Waals surface area contributed by atoms with Gasteiger partial charge in [0.1, 0.15) is 23.8 Å². The molecule has 1 aromatic carbocycles. The highest BCUT2D eigenvalue weighted by molar-refractivity contribution is 6.00. The number of benzene rings is 1. The van der Waals surface area contributed by atoms with Crippen LogP contribution in [0.1, 0.15) is 106 Å². The maximum absolute atomic E-state index is 16.0. The number of carbonyl (C=O) groups is 3. The van der Waals surface area contributed by atoms with Crippen LogP contribution in [0.25, 0.3) is 0 Å². The van der Waals surface area contributed by atoms with Gasteiger partial charge in [0.25, 0.3) is 5.91 Å². The number of piperazine rings is 1. The third-order valence-corrected chi connectivity index (χ3v) is 11.3. The van der Waals surface area contributed by atoms with E-state index in [0.717, 1.165) is 51.6 Å². The van der Waals surface area contributed by atoms with Gasteiger partial charge in [-0.2, -0.15) is 10.2 Å². The fourth-order valence-electron chi connectivity index (χ4n) is 7.64. The summed E-state index contributed by atoms with van der Waals surface area (Å²) in [4.78, 5) is 45.4. The SMILES string of the molecule is CC1CCC([C@H](NC(=O)c2ccnn2C(C)C)C(=O)Nc2ccc([C@H](C)[C@@H](NC(O)c3ccnn3CC3CC3)C(=O)N3CCN(C)CC3)cc2F)CC1. The molecule has 0 bridgehead atoms. The van der Waals surface area contributed by atoms with Crippen LogP contribution in [0.2, 0.25) is 0 Å². The van der Waals surface area contributed by atoms with Crippen molar-refractivity contribution in [3.05, 3.63) is 65.5 Å². The third-order valence-electron chi connectivity index (χ3n) is 11.3. The predicted octanol–water partition coefficient (Wildman–Crippen LogP) is 4.30. The quantitative estimate of drug-likeness (QED) is 0.179. The molecule has 4 N–H and O–H groups in total. The Labute approximate surface area is 311 Å². The van der Waals surface area contributed by atoms with Gasteiger partial charge in [0, 0.05) is 57.1 Å². The van der Waals surface area contributed by atoms with E-state index < -0.39 is 41.9 Å². The minimum absolute atomic E-state index is 0.0134. The summed E-state index contributed by atoms with van der Waals surface area (Å²) in [6.45, 7) is 11.1. The lowest BCUT2D eigenvalue weighted by Gasteiger charge is -2.37. The Balaban J connectivity index is 1.20. The number of nitrogens with zero attached hydrogens (tertiary/aromatic N) is 6. The number of carbonyl (C=O) groups excluding carboxylic acids is 3. The molecular weight excluding hydrogens is 677 g/mol. The van der Waals surface area contributed by atoms with E-state index in [4.69, 9.17) is 0 Å². The summed E-state index contributed by atoms with van der Waals surface area (Å²) < 4.78 is 19.4. The van der Waals surface area contributed by atoms with Crippen molar-refractivity contribution in [2.75, 3.05) is 38.5 Å². The zero-order chi connectivity index (χ0) is 37.8. The van der Waals surface area contributed by atoms with Crippen LogP contribution in [-0.2, 0) is 16.1 Å². The number of amides is 3. The molecule has 3 amide bonds. The Bertz CT molecular complexity index is 1720. The van der Waals surface area contributed by atoms with Gasteiger partial charge in [0.05, 0.1) is 17.4 Å². The highest BCUT2D eigenvalue weighted by Crippen LogP contribution is 2.33. The van der Waals surface area contributed by atoms with E-state index in [2.05, 4.69) is 38.0 Å². The smallest absolute Gasteiger partial charge is 0.270 e. The summed E-state index contributed by atoms with van der Waals surface area (Å²) in [5.74, 6) is -1.29. The van der Waals surface area contributed by atoms with E-state index >= 15 is 4.39 Å². The van der Waals surface area contributed by atoms with Crippen LogP contribution in [0, 0.1) is 23.6 Å². The number of aliphatic hydroxyl groups excluding tert-OH is 1. The summed E-state index contributed by atoms with van der Waals surface area (Å²) in [7, 11) is 2.02. The molecule has 0 spiro atoms. The number of anilines is 1. The van der Waals surface area contributed by atoms with Crippen LogP contribution in [0.15, 0.2) is 42.7 Å². The number of nitrogens with one attached hydrogen (secondary N) is 3. The maximum atomic E-state index is 16.0. The van der Waals surface area contributed by atoms with Crippen molar-refractivity contribution in [1.82, 2.24) is 40.0 Å². The lowest BCUT2D eigenvalue weighted by atomic mass is 9.79. The van der Waals surface area contributed by atoms with E-state index in [9.17, 15) is 19.5 Å². The highest BCUT2D eigenvalue weighted by atomic mass is 19.1. The molecule has 1 saturated heterocycles. The van der Waals surface area contributed by atoms with Gasteiger partial charge in [-0.1, -0.05) is 32.8 Å². The van der Waals surface area contributed by atoms with Crippen molar-refractivity contribution in [3.63, 3.8) is 0 Å². The summed E-state index contributed by atoms with van der Waals surface area (Å²) >= 11 is 0. The van der Waals surface area contributed by atoms with Crippen molar-refractivity contribution in [2.45, 2.75) is 103 Å². The van der Waals surface area contributed by atoms with E-state index in [1.807, 2.05) is 27.8 Å². The normalized spacial score (nSPS) is 21.9. The molecule has 2 saturated carbocycles. The topological polar surface area (TPSA) is 150 Å². The molecule has 2 aliphatic carbocycles. The lowest BCUT2D eigenvalue weighted by molar-refractivity contribution is -0.136. The van der Waals surface area contributed by atoms with E-state index in [-0.39, 0.29) is 23.6 Å². The van der Waals surface area contributed by atoms with Crippen molar-refractivity contribution < 1.29 is 23.9 Å². The molecule has 3 heterocycles. The molecule has 1 aliphatic heterocycles. The van der Waals surface area contributed by atoms with Crippen LogP contribution in [0.4, 0.5) is 10.1 Å². The molecule has 4 atom stereocenters. The van der Waals surface area contributed by atoms with E-state index in [1.165, 1.54) is 12.1 Å². The number of hydrogen-bond acceptors (Lipinski definition) is 8. The van der Waals surface area contributed by atoms with Gasteiger partial charge >= 0.3 is 0 Å². The molecule has 6 rings (SSSR count). The molecule has 13 nitrogen and oxygen atoms in total. The Morgan fingerprint density at radius 1 is 0.943 bits per heavy atom. The Morgan fingerprint density at radius 3 is 2.30 bits per heavy atom. The molecule has 2 aromatic heterocycles. The molecule has 14 heteroatoms. The van der Waals surface area contributed by atoms with Gasteiger partial charge in [0.2, 0.25) is 11.8 Å². The molecule has 53 heavy (non-hydrogen) atoms. The fraction of sp³-hybridized carbons (Fsp3) is 0.615.